The molecule has 0 saturated heterocycles. The van der Waals surface area contributed by atoms with E-state index in [2.05, 4.69) is 30.4 Å². The summed E-state index contributed by atoms with van der Waals surface area (Å²) in [7, 11) is 1.65. The molecule has 0 radical (unpaired) electrons. The SMILES string of the molecule is CN=C(NCc1ccnc(OCC(F)(F)F)c1)NCc1ccccc1Cn1cccn1. The first-order chi connectivity index (χ1) is 14.9. The predicted molar refractivity (Wildman–Crippen MR) is 111 cm³/mol. The Balaban J connectivity index is 1.54. The minimum Gasteiger partial charge on any atom is -0.468 e. The van der Waals surface area contributed by atoms with Crippen LogP contribution in [0.4, 0.5) is 13.2 Å². The number of pyridine rings is 1. The van der Waals surface area contributed by atoms with Crippen LogP contribution in [0.1, 0.15) is 16.7 Å². The number of guanidine groups is 1. The molecule has 2 N–H and O–H groups in total. The molecule has 164 valence electrons. The number of nitrogens with one attached hydrogen (secondary N) is 2. The zero-order valence-electron chi connectivity index (χ0n) is 16.9. The van der Waals surface area contributed by atoms with Crippen molar-refractivity contribution in [3.05, 3.63) is 77.7 Å². The second kappa shape index (κ2) is 10.5. The van der Waals surface area contributed by atoms with E-state index in [0.717, 1.165) is 11.1 Å². The maximum atomic E-state index is 12.3. The summed E-state index contributed by atoms with van der Waals surface area (Å²) in [6.07, 6.45) is 0.650. The van der Waals surface area contributed by atoms with Crippen LogP contribution in [0.25, 0.3) is 0 Å². The van der Waals surface area contributed by atoms with Crippen LogP contribution in [-0.4, -0.2) is 40.6 Å². The van der Waals surface area contributed by atoms with Gasteiger partial charge in [-0.3, -0.25) is 9.67 Å². The van der Waals surface area contributed by atoms with Gasteiger partial charge >= 0.3 is 6.18 Å². The summed E-state index contributed by atoms with van der Waals surface area (Å²) in [6.45, 7) is 0.180. The second-order valence-electron chi connectivity index (χ2n) is 6.66. The summed E-state index contributed by atoms with van der Waals surface area (Å²) >= 11 is 0. The number of hydrogen-bond donors (Lipinski definition) is 2. The van der Waals surface area contributed by atoms with Gasteiger partial charge in [0.15, 0.2) is 12.6 Å². The van der Waals surface area contributed by atoms with Gasteiger partial charge in [-0.1, -0.05) is 24.3 Å². The first kappa shape index (κ1) is 22.1. The van der Waals surface area contributed by atoms with Crippen LogP contribution in [0.5, 0.6) is 5.88 Å². The van der Waals surface area contributed by atoms with Gasteiger partial charge in [0.25, 0.3) is 0 Å². The number of ether oxygens (including phenoxy) is 1. The van der Waals surface area contributed by atoms with Crippen molar-refractivity contribution in [3.63, 3.8) is 0 Å². The number of hydrogen-bond acceptors (Lipinski definition) is 4. The van der Waals surface area contributed by atoms with E-state index in [0.29, 0.717) is 31.2 Å². The third kappa shape index (κ3) is 7.32. The number of aliphatic imine (C=N–C) groups is 1. The fourth-order valence-corrected chi connectivity index (χ4v) is 2.83. The molecule has 0 saturated carbocycles. The summed E-state index contributed by atoms with van der Waals surface area (Å²) in [5, 5.41) is 10.6. The average molecular weight is 432 g/mol. The molecular weight excluding hydrogens is 409 g/mol. The maximum Gasteiger partial charge on any atom is 0.422 e. The molecule has 1 aromatic carbocycles. The molecule has 31 heavy (non-hydrogen) atoms. The normalized spacial score (nSPS) is 11.9. The summed E-state index contributed by atoms with van der Waals surface area (Å²) in [5.74, 6) is 0.482. The minimum absolute atomic E-state index is 0.0767. The van der Waals surface area contributed by atoms with Gasteiger partial charge in [0.05, 0.1) is 6.54 Å². The monoisotopic (exact) mass is 432 g/mol. The molecule has 0 aliphatic carbocycles. The van der Waals surface area contributed by atoms with Crippen molar-refractivity contribution in [3.8, 4) is 5.88 Å². The largest absolute Gasteiger partial charge is 0.468 e. The number of aromatic nitrogens is 3. The van der Waals surface area contributed by atoms with Gasteiger partial charge in [0.1, 0.15) is 0 Å². The fraction of sp³-hybridized carbons (Fsp3) is 0.286. The number of halogens is 3. The van der Waals surface area contributed by atoms with E-state index in [1.54, 1.807) is 19.3 Å². The zero-order valence-corrected chi connectivity index (χ0v) is 16.9. The van der Waals surface area contributed by atoms with Crippen LogP contribution in [0, 0.1) is 0 Å². The van der Waals surface area contributed by atoms with Gasteiger partial charge in [-0.2, -0.15) is 18.3 Å². The van der Waals surface area contributed by atoms with Gasteiger partial charge in [0, 0.05) is 44.8 Å². The van der Waals surface area contributed by atoms with Gasteiger partial charge < -0.3 is 15.4 Å². The fourth-order valence-electron chi connectivity index (χ4n) is 2.83. The Morgan fingerprint density at radius 2 is 1.84 bits per heavy atom. The van der Waals surface area contributed by atoms with Crippen LogP contribution in [0.3, 0.4) is 0 Å². The average Bonchev–Trinajstić information content (AvgIpc) is 3.26. The van der Waals surface area contributed by atoms with Crippen molar-refractivity contribution in [1.29, 1.82) is 0 Å². The van der Waals surface area contributed by atoms with Crippen LogP contribution >= 0.6 is 0 Å². The lowest BCUT2D eigenvalue weighted by Gasteiger charge is -2.15. The number of nitrogens with zero attached hydrogens (tertiary/aromatic N) is 4. The molecular formula is C21H23F3N6O. The Labute approximate surface area is 178 Å². The molecule has 10 heteroatoms. The van der Waals surface area contributed by atoms with Gasteiger partial charge in [0.2, 0.25) is 5.88 Å². The van der Waals surface area contributed by atoms with Crippen molar-refractivity contribution < 1.29 is 17.9 Å². The van der Waals surface area contributed by atoms with Gasteiger partial charge in [-0.25, -0.2) is 4.98 Å². The first-order valence-corrected chi connectivity index (χ1v) is 9.56. The second-order valence-corrected chi connectivity index (χ2v) is 6.66. The van der Waals surface area contributed by atoms with Crippen molar-refractivity contribution >= 4 is 5.96 Å². The molecule has 0 bridgehead atoms. The van der Waals surface area contributed by atoms with Crippen LogP contribution < -0.4 is 15.4 Å². The summed E-state index contributed by atoms with van der Waals surface area (Å²) < 4.78 is 43.5. The predicted octanol–water partition coefficient (Wildman–Crippen LogP) is 3.13. The highest BCUT2D eigenvalue weighted by molar-refractivity contribution is 5.79. The topological polar surface area (TPSA) is 76.4 Å². The summed E-state index contributed by atoms with van der Waals surface area (Å²) in [6, 6.07) is 13.1. The molecule has 0 fully saturated rings. The third-order valence-electron chi connectivity index (χ3n) is 4.32. The van der Waals surface area contributed by atoms with E-state index in [1.165, 1.54) is 12.3 Å². The van der Waals surface area contributed by atoms with Crippen LogP contribution in [-0.2, 0) is 19.6 Å². The lowest BCUT2D eigenvalue weighted by atomic mass is 10.1. The number of benzene rings is 1. The Bertz CT molecular complexity index is 989. The van der Waals surface area contributed by atoms with E-state index in [4.69, 9.17) is 0 Å². The lowest BCUT2D eigenvalue weighted by Crippen LogP contribution is -2.36. The van der Waals surface area contributed by atoms with Crippen molar-refractivity contribution in [2.24, 2.45) is 4.99 Å². The third-order valence-corrected chi connectivity index (χ3v) is 4.32. The molecule has 0 atom stereocenters. The summed E-state index contributed by atoms with van der Waals surface area (Å²) in [4.78, 5) is 8.00. The van der Waals surface area contributed by atoms with Crippen molar-refractivity contribution in [2.75, 3.05) is 13.7 Å². The Morgan fingerprint density at radius 1 is 1.06 bits per heavy atom. The van der Waals surface area contributed by atoms with Crippen molar-refractivity contribution in [1.82, 2.24) is 25.4 Å². The van der Waals surface area contributed by atoms with Gasteiger partial charge in [-0.05, 0) is 28.8 Å². The lowest BCUT2D eigenvalue weighted by molar-refractivity contribution is -0.154. The summed E-state index contributed by atoms with van der Waals surface area (Å²) in [5.41, 5.74) is 2.96. The zero-order chi connectivity index (χ0) is 22.1. The highest BCUT2D eigenvalue weighted by Crippen LogP contribution is 2.17. The Morgan fingerprint density at radius 3 is 2.55 bits per heavy atom. The molecule has 0 spiro atoms. The highest BCUT2D eigenvalue weighted by Gasteiger charge is 2.28. The van der Waals surface area contributed by atoms with E-state index >= 15 is 0 Å². The highest BCUT2D eigenvalue weighted by atomic mass is 19.4. The van der Waals surface area contributed by atoms with Crippen LogP contribution in [0.2, 0.25) is 0 Å². The van der Waals surface area contributed by atoms with E-state index in [1.807, 2.05) is 41.2 Å². The maximum absolute atomic E-state index is 12.3. The molecule has 0 aliphatic heterocycles. The molecule has 2 heterocycles. The minimum atomic E-state index is -4.41. The Hall–Kier alpha value is -3.56. The molecule has 0 unspecified atom stereocenters. The first-order valence-electron chi connectivity index (χ1n) is 9.56. The molecule has 0 amide bonds. The number of alkyl halides is 3. The van der Waals surface area contributed by atoms with E-state index in [9.17, 15) is 13.2 Å². The molecule has 2 aromatic heterocycles. The molecule has 7 nitrogen and oxygen atoms in total. The van der Waals surface area contributed by atoms with Crippen molar-refractivity contribution in [2.45, 2.75) is 25.8 Å². The van der Waals surface area contributed by atoms with Crippen LogP contribution in [0.15, 0.2) is 66.0 Å². The standard InChI is InChI=1S/C21H23F3N6O/c1-25-20(27-12-16-7-9-26-19(11-16)31-15-21(22,23)24)28-13-17-5-2-3-6-18(17)14-30-10-4-8-29-30/h2-11H,12-15H2,1H3,(H2,25,27,28). The number of rotatable bonds is 8. The van der Waals surface area contributed by atoms with E-state index in [-0.39, 0.29) is 5.88 Å². The quantitative estimate of drug-likeness (QED) is 0.423. The molecule has 0 aliphatic rings. The smallest absolute Gasteiger partial charge is 0.422 e. The Kier molecular flexibility index (Phi) is 7.47. The van der Waals surface area contributed by atoms with E-state index < -0.39 is 12.8 Å². The molecule has 3 aromatic rings. The van der Waals surface area contributed by atoms with Gasteiger partial charge in [-0.15, -0.1) is 0 Å². The molecule has 3 rings (SSSR count).